The Bertz CT molecular complexity index is 500. The van der Waals surface area contributed by atoms with E-state index in [1.165, 1.54) is 6.42 Å². The molecule has 2 rings (SSSR count). The number of hydrogen-bond donors (Lipinski definition) is 0. The van der Waals surface area contributed by atoms with Crippen LogP contribution in [0.2, 0.25) is 0 Å². The molecule has 1 aromatic carbocycles. The molecule has 5 nitrogen and oxygen atoms in total. The summed E-state index contributed by atoms with van der Waals surface area (Å²) in [5.41, 5.74) is 2.06. The SMILES string of the molecule is CCN(CC)CC1CCN(c2ccc([N+](=O)[O-])c(C)c2)C1. The first-order valence-corrected chi connectivity index (χ1v) is 7.77. The minimum atomic E-state index is -0.313. The van der Waals surface area contributed by atoms with Crippen LogP contribution in [0.3, 0.4) is 0 Å². The van der Waals surface area contributed by atoms with Gasteiger partial charge in [0.25, 0.3) is 5.69 Å². The summed E-state index contributed by atoms with van der Waals surface area (Å²) in [6.45, 7) is 11.7. The van der Waals surface area contributed by atoms with Crippen molar-refractivity contribution >= 4 is 11.4 Å². The lowest BCUT2D eigenvalue weighted by Crippen LogP contribution is -2.31. The Kier molecular flexibility index (Phi) is 5.17. The maximum absolute atomic E-state index is 10.9. The normalized spacial score (nSPS) is 18.5. The number of nitro groups is 1. The first-order valence-electron chi connectivity index (χ1n) is 7.77. The molecule has 1 aliphatic rings. The number of nitro benzene ring substituents is 1. The van der Waals surface area contributed by atoms with Gasteiger partial charge in [0, 0.05) is 37.0 Å². The van der Waals surface area contributed by atoms with Gasteiger partial charge in [0.1, 0.15) is 0 Å². The average Bonchev–Trinajstić information content (AvgIpc) is 2.92. The molecule has 0 saturated carbocycles. The number of benzene rings is 1. The quantitative estimate of drug-likeness (QED) is 0.597. The van der Waals surface area contributed by atoms with Crippen LogP contribution in [-0.4, -0.2) is 42.5 Å². The van der Waals surface area contributed by atoms with Gasteiger partial charge in [-0.2, -0.15) is 0 Å². The lowest BCUT2D eigenvalue weighted by molar-refractivity contribution is -0.385. The molecule has 0 radical (unpaired) electrons. The third-order valence-corrected chi connectivity index (χ3v) is 4.44. The van der Waals surface area contributed by atoms with Crippen molar-refractivity contribution in [1.29, 1.82) is 0 Å². The maximum Gasteiger partial charge on any atom is 0.272 e. The highest BCUT2D eigenvalue weighted by Gasteiger charge is 2.24. The van der Waals surface area contributed by atoms with Gasteiger partial charge in [0.2, 0.25) is 0 Å². The molecule has 1 aliphatic heterocycles. The fourth-order valence-corrected chi connectivity index (χ4v) is 3.10. The van der Waals surface area contributed by atoms with E-state index in [1.807, 2.05) is 19.1 Å². The molecule has 116 valence electrons. The Balaban J connectivity index is 2.01. The highest BCUT2D eigenvalue weighted by Crippen LogP contribution is 2.28. The molecule has 5 heteroatoms. The Morgan fingerprint density at radius 2 is 2.10 bits per heavy atom. The van der Waals surface area contributed by atoms with Gasteiger partial charge in [-0.1, -0.05) is 13.8 Å². The summed E-state index contributed by atoms with van der Waals surface area (Å²) in [5, 5.41) is 10.9. The molecule has 1 heterocycles. The van der Waals surface area contributed by atoms with E-state index in [0.717, 1.165) is 44.0 Å². The zero-order chi connectivity index (χ0) is 15.4. The molecule has 1 unspecified atom stereocenters. The van der Waals surface area contributed by atoms with E-state index < -0.39 is 0 Å². The second-order valence-electron chi connectivity index (χ2n) is 5.81. The Hall–Kier alpha value is -1.62. The lowest BCUT2D eigenvalue weighted by atomic mass is 10.1. The molecule has 1 saturated heterocycles. The minimum absolute atomic E-state index is 0.206. The zero-order valence-corrected chi connectivity index (χ0v) is 13.2. The third-order valence-electron chi connectivity index (χ3n) is 4.44. The van der Waals surface area contributed by atoms with Gasteiger partial charge in [-0.3, -0.25) is 10.1 Å². The number of nitrogens with zero attached hydrogens (tertiary/aromatic N) is 3. The predicted octanol–water partition coefficient (Wildman–Crippen LogP) is 3.07. The monoisotopic (exact) mass is 291 g/mol. The fraction of sp³-hybridized carbons (Fsp3) is 0.625. The van der Waals surface area contributed by atoms with Crippen LogP contribution in [0.5, 0.6) is 0 Å². The Morgan fingerprint density at radius 3 is 2.67 bits per heavy atom. The third kappa shape index (κ3) is 3.73. The summed E-state index contributed by atoms with van der Waals surface area (Å²) in [6, 6.07) is 5.45. The van der Waals surface area contributed by atoms with Gasteiger partial charge in [0.15, 0.2) is 0 Å². The summed E-state index contributed by atoms with van der Waals surface area (Å²) in [5.74, 6) is 0.695. The van der Waals surface area contributed by atoms with Gasteiger partial charge in [-0.05, 0) is 44.5 Å². The van der Waals surface area contributed by atoms with Gasteiger partial charge < -0.3 is 9.80 Å². The van der Waals surface area contributed by atoms with Crippen LogP contribution in [0.25, 0.3) is 0 Å². The molecule has 0 aliphatic carbocycles. The summed E-state index contributed by atoms with van der Waals surface area (Å²) in [6.07, 6.45) is 1.20. The topological polar surface area (TPSA) is 49.6 Å². The molecule has 1 aromatic rings. The van der Waals surface area contributed by atoms with Crippen molar-refractivity contribution in [2.75, 3.05) is 37.6 Å². The van der Waals surface area contributed by atoms with Crippen molar-refractivity contribution in [3.8, 4) is 0 Å². The average molecular weight is 291 g/mol. The van der Waals surface area contributed by atoms with Crippen LogP contribution in [0.15, 0.2) is 18.2 Å². The molecule has 1 fully saturated rings. The van der Waals surface area contributed by atoms with Crippen molar-refractivity contribution in [2.45, 2.75) is 27.2 Å². The van der Waals surface area contributed by atoms with E-state index in [0.29, 0.717) is 5.92 Å². The predicted molar refractivity (Wildman–Crippen MR) is 85.9 cm³/mol. The summed E-state index contributed by atoms with van der Waals surface area (Å²) < 4.78 is 0. The number of anilines is 1. The van der Waals surface area contributed by atoms with E-state index in [4.69, 9.17) is 0 Å². The molecule has 0 bridgehead atoms. The van der Waals surface area contributed by atoms with E-state index in [2.05, 4.69) is 23.6 Å². The standard InChI is InChI=1S/C16H25N3O2/c1-4-17(5-2)11-14-8-9-18(12-14)15-6-7-16(19(20)21)13(3)10-15/h6-7,10,14H,4-5,8-9,11-12H2,1-3H3. The smallest absolute Gasteiger partial charge is 0.272 e. The number of hydrogen-bond acceptors (Lipinski definition) is 4. The van der Waals surface area contributed by atoms with Crippen molar-refractivity contribution in [2.24, 2.45) is 5.92 Å². The molecule has 1 atom stereocenters. The first-order chi connectivity index (χ1) is 10.0. The van der Waals surface area contributed by atoms with Gasteiger partial charge in [-0.25, -0.2) is 0 Å². The van der Waals surface area contributed by atoms with Crippen LogP contribution in [0, 0.1) is 23.0 Å². The largest absolute Gasteiger partial charge is 0.371 e. The molecular formula is C16H25N3O2. The van der Waals surface area contributed by atoms with Crippen LogP contribution >= 0.6 is 0 Å². The van der Waals surface area contributed by atoms with E-state index in [9.17, 15) is 10.1 Å². The van der Waals surface area contributed by atoms with Crippen LogP contribution in [0.1, 0.15) is 25.8 Å². The first kappa shape index (κ1) is 15.8. The fourth-order valence-electron chi connectivity index (χ4n) is 3.10. The van der Waals surface area contributed by atoms with Crippen molar-refractivity contribution in [3.63, 3.8) is 0 Å². The van der Waals surface area contributed by atoms with Gasteiger partial charge in [-0.15, -0.1) is 0 Å². The second-order valence-corrected chi connectivity index (χ2v) is 5.81. The van der Waals surface area contributed by atoms with Gasteiger partial charge >= 0.3 is 0 Å². The summed E-state index contributed by atoms with van der Waals surface area (Å²) >= 11 is 0. The lowest BCUT2D eigenvalue weighted by Gasteiger charge is -2.23. The van der Waals surface area contributed by atoms with Crippen molar-refractivity contribution in [1.82, 2.24) is 4.90 Å². The van der Waals surface area contributed by atoms with E-state index >= 15 is 0 Å². The van der Waals surface area contributed by atoms with Crippen molar-refractivity contribution < 1.29 is 4.92 Å². The molecule has 21 heavy (non-hydrogen) atoms. The highest BCUT2D eigenvalue weighted by molar-refractivity contribution is 5.55. The zero-order valence-electron chi connectivity index (χ0n) is 13.2. The van der Waals surface area contributed by atoms with Gasteiger partial charge in [0.05, 0.1) is 4.92 Å². The molecule has 0 aromatic heterocycles. The molecule has 0 spiro atoms. The highest BCUT2D eigenvalue weighted by atomic mass is 16.6. The van der Waals surface area contributed by atoms with Crippen LogP contribution < -0.4 is 4.90 Å². The van der Waals surface area contributed by atoms with Crippen LogP contribution in [0.4, 0.5) is 11.4 Å². The van der Waals surface area contributed by atoms with Crippen molar-refractivity contribution in [3.05, 3.63) is 33.9 Å². The number of aryl methyl sites for hydroxylation is 1. The van der Waals surface area contributed by atoms with E-state index in [-0.39, 0.29) is 10.6 Å². The molecule has 0 amide bonds. The summed E-state index contributed by atoms with van der Waals surface area (Å²) in [7, 11) is 0. The minimum Gasteiger partial charge on any atom is -0.371 e. The molecular weight excluding hydrogens is 266 g/mol. The summed E-state index contributed by atoms with van der Waals surface area (Å²) in [4.78, 5) is 15.4. The Labute approximate surface area is 126 Å². The maximum atomic E-state index is 10.9. The van der Waals surface area contributed by atoms with E-state index in [1.54, 1.807) is 6.07 Å². The number of rotatable bonds is 6. The Morgan fingerprint density at radius 1 is 1.38 bits per heavy atom. The second kappa shape index (κ2) is 6.89. The van der Waals surface area contributed by atoms with Crippen LogP contribution in [-0.2, 0) is 0 Å². The molecule has 0 N–H and O–H groups in total.